The van der Waals surface area contributed by atoms with Crippen LogP contribution in [-0.4, -0.2) is 34.3 Å². The van der Waals surface area contributed by atoms with Crippen molar-refractivity contribution in [1.82, 2.24) is 5.32 Å². The van der Waals surface area contributed by atoms with Crippen LogP contribution < -0.4 is 5.32 Å². The van der Waals surface area contributed by atoms with Gasteiger partial charge in [-0.1, -0.05) is 12.1 Å². The third-order valence-corrected chi connectivity index (χ3v) is 3.33. The van der Waals surface area contributed by atoms with Crippen LogP contribution in [0.3, 0.4) is 0 Å². The van der Waals surface area contributed by atoms with E-state index in [1.165, 1.54) is 12.1 Å². The topological polar surface area (TPSA) is 105 Å². The summed E-state index contributed by atoms with van der Waals surface area (Å²) in [6.07, 6.45) is 1.56. The number of carbonyl (C=O) groups is 1. The molecular weight excluding hydrogens is 282 g/mol. The SMILES string of the molecule is O=C1NC(=NCCO)S/C1=C\c1cccc([N+](=O)[O-])c1. The fourth-order valence-corrected chi connectivity index (χ4v) is 2.38. The van der Waals surface area contributed by atoms with Gasteiger partial charge in [0, 0.05) is 12.1 Å². The minimum atomic E-state index is -0.488. The lowest BCUT2D eigenvalue weighted by Crippen LogP contribution is -2.20. The van der Waals surface area contributed by atoms with Gasteiger partial charge in [-0.2, -0.15) is 0 Å². The van der Waals surface area contributed by atoms with Crippen molar-refractivity contribution in [1.29, 1.82) is 0 Å². The van der Waals surface area contributed by atoms with Crippen molar-refractivity contribution in [3.63, 3.8) is 0 Å². The van der Waals surface area contributed by atoms with E-state index in [0.29, 0.717) is 15.6 Å². The highest BCUT2D eigenvalue weighted by Crippen LogP contribution is 2.26. The molecule has 1 saturated heterocycles. The Morgan fingerprint density at radius 2 is 2.30 bits per heavy atom. The molecule has 0 spiro atoms. The van der Waals surface area contributed by atoms with Crippen LogP contribution in [0.25, 0.3) is 6.08 Å². The van der Waals surface area contributed by atoms with E-state index in [9.17, 15) is 14.9 Å². The second kappa shape index (κ2) is 6.31. The van der Waals surface area contributed by atoms with Gasteiger partial charge in [0.2, 0.25) is 0 Å². The Labute approximate surface area is 118 Å². The van der Waals surface area contributed by atoms with Gasteiger partial charge in [0.25, 0.3) is 11.6 Å². The van der Waals surface area contributed by atoms with E-state index in [4.69, 9.17) is 5.11 Å². The zero-order valence-corrected chi connectivity index (χ0v) is 11.1. The average molecular weight is 293 g/mol. The Hall–Kier alpha value is -2.19. The molecule has 1 aliphatic heterocycles. The monoisotopic (exact) mass is 293 g/mol. The van der Waals surface area contributed by atoms with Gasteiger partial charge in [0.1, 0.15) is 0 Å². The van der Waals surface area contributed by atoms with Crippen LogP contribution in [-0.2, 0) is 4.79 Å². The number of thioether (sulfide) groups is 1. The second-order valence-electron chi connectivity index (χ2n) is 3.83. The van der Waals surface area contributed by atoms with E-state index in [2.05, 4.69) is 10.3 Å². The maximum Gasteiger partial charge on any atom is 0.270 e. The van der Waals surface area contributed by atoms with Gasteiger partial charge in [0.05, 0.1) is 23.0 Å². The second-order valence-corrected chi connectivity index (χ2v) is 4.86. The Morgan fingerprint density at radius 3 is 3.00 bits per heavy atom. The fraction of sp³-hybridized carbons (Fsp3) is 0.167. The predicted molar refractivity (Wildman–Crippen MR) is 76.2 cm³/mol. The van der Waals surface area contributed by atoms with Gasteiger partial charge < -0.3 is 10.4 Å². The summed E-state index contributed by atoms with van der Waals surface area (Å²) in [7, 11) is 0. The molecule has 1 aromatic rings. The summed E-state index contributed by atoms with van der Waals surface area (Å²) in [5.41, 5.74) is 0.539. The van der Waals surface area contributed by atoms with Gasteiger partial charge in [0.15, 0.2) is 5.17 Å². The lowest BCUT2D eigenvalue weighted by Gasteiger charge is -1.95. The molecule has 2 rings (SSSR count). The summed E-state index contributed by atoms with van der Waals surface area (Å²) in [4.78, 5) is 26.3. The van der Waals surface area contributed by atoms with Crippen molar-refractivity contribution < 1.29 is 14.8 Å². The zero-order chi connectivity index (χ0) is 14.5. The Kier molecular flexibility index (Phi) is 4.49. The number of aliphatic hydroxyl groups is 1. The third kappa shape index (κ3) is 3.43. The summed E-state index contributed by atoms with van der Waals surface area (Å²) < 4.78 is 0. The lowest BCUT2D eigenvalue weighted by atomic mass is 10.2. The van der Waals surface area contributed by atoms with Gasteiger partial charge in [-0.25, -0.2) is 0 Å². The molecule has 1 aliphatic rings. The molecule has 104 valence electrons. The maximum absolute atomic E-state index is 11.7. The van der Waals surface area contributed by atoms with E-state index in [1.54, 1.807) is 18.2 Å². The lowest BCUT2D eigenvalue weighted by molar-refractivity contribution is -0.384. The molecule has 7 nitrogen and oxygen atoms in total. The molecule has 0 radical (unpaired) electrons. The molecule has 0 bridgehead atoms. The molecule has 8 heteroatoms. The van der Waals surface area contributed by atoms with Gasteiger partial charge in [-0.15, -0.1) is 0 Å². The van der Waals surface area contributed by atoms with Crippen LogP contribution >= 0.6 is 11.8 Å². The van der Waals surface area contributed by atoms with Crippen molar-refractivity contribution in [3.05, 3.63) is 44.8 Å². The average Bonchev–Trinajstić information content (AvgIpc) is 2.77. The van der Waals surface area contributed by atoms with Gasteiger partial charge >= 0.3 is 0 Å². The Balaban J connectivity index is 2.21. The fourth-order valence-electron chi connectivity index (χ4n) is 1.53. The van der Waals surface area contributed by atoms with E-state index >= 15 is 0 Å². The zero-order valence-electron chi connectivity index (χ0n) is 10.3. The van der Waals surface area contributed by atoms with Crippen molar-refractivity contribution in [2.75, 3.05) is 13.2 Å². The van der Waals surface area contributed by atoms with Crippen molar-refractivity contribution >= 4 is 34.6 Å². The van der Waals surface area contributed by atoms with Crippen LogP contribution in [0, 0.1) is 10.1 Å². The minimum absolute atomic E-state index is 0.0306. The summed E-state index contributed by atoms with van der Waals surface area (Å²) in [6.45, 7) is 0.122. The highest BCUT2D eigenvalue weighted by Gasteiger charge is 2.23. The highest BCUT2D eigenvalue weighted by atomic mass is 32.2. The standard InChI is InChI=1S/C12H11N3O4S/c16-5-4-13-12-14-11(17)10(20-12)7-8-2-1-3-9(6-8)15(18)19/h1-3,6-7,16H,4-5H2,(H,13,14,17)/b10-7-. The number of hydrogen-bond acceptors (Lipinski definition) is 6. The molecule has 1 amide bonds. The Bertz CT molecular complexity index is 612. The molecule has 0 saturated carbocycles. The number of carbonyl (C=O) groups excluding carboxylic acids is 1. The normalized spacial score (nSPS) is 18.6. The number of nitro groups is 1. The molecule has 1 fully saturated rings. The molecule has 1 heterocycles. The summed E-state index contributed by atoms with van der Waals surface area (Å²) in [5.74, 6) is -0.307. The van der Waals surface area contributed by atoms with E-state index in [1.807, 2.05) is 0 Å². The number of benzene rings is 1. The van der Waals surface area contributed by atoms with Crippen LogP contribution in [0.15, 0.2) is 34.2 Å². The largest absolute Gasteiger partial charge is 0.394 e. The number of aliphatic hydroxyl groups excluding tert-OH is 1. The first-order chi connectivity index (χ1) is 9.60. The smallest absolute Gasteiger partial charge is 0.270 e. The molecule has 0 unspecified atom stereocenters. The van der Waals surface area contributed by atoms with E-state index < -0.39 is 4.92 Å². The number of rotatable bonds is 4. The van der Waals surface area contributed by atoms with Crippen molar-refractivity contribution in [3.8, 4) is 0 Å². The molecule has 0 atom stereocenters. The molecule has 2 N–H and O–H groups in total. The van der Waals surface area contributed by atoms with Crippen molar-refractivity contribution in [2.24, 2.45) is 4.99 Å². The molecule has 0 aromatic heterocycles. The summed E-state index contributed by atoms with van der Waals surface area (Å²) >= 11 is 1.14. The van der Waals surface area contributed by atoms with Crippen LogP contribution in [0.2, 0.25) is 0 Å². The molecule has 0 aliphatic carbocycles. The Morgan fingerprint density at radius 1 is 1.50 bits per heavy atom. The van der Waals surface area contributed by atoms with Crippen molar-refractivity contribution in [2.45, 2.75) is 0 Å². The number of non-ortho nitro benzene ring substituents is 1. The van der Waals surface area contributed by atoms with Crippen LogP contribution in [0.5, 0.6) is 0 Å². The number of nitrogens with one attached hydrogen (secondary N) is 1. The molecule has 20 heavy (non-hydrogen) atoms. The number of nitrogens with zero attached hydrogens (tertiary/aromatic N) is 2. The summed E-state index contributed by atoms with van der Waals surface area (Å²) in [6, 6.07) is 6.02. The van der Waals surface area contributed by atoms with Gasteiger partial charge in [-0.3, -0.25) is 19.9 Å². The molecule has 1 aromatic carbocycles. The van der Waals surface area contributed by atoms with Crippen LogP contribution in [0.4, 0.5) is 5.69 Å². The predicted octanol–water partition coefficient (Wildman–Crippen LogP) is 1.15. The number of hydrogen-bond donors (Lipinski definition) is 2. The third-order valence-electron chi connectivity index (χ3n) is 2.39. The first kappa shape index (κ1) is 14.2. The number of amides is 1. The minimum Gasteiger partial charge on any atom is -0.394 e. The van der Waals surface area contributed by atoms with E-state index in [0.717, 1.165) is 11.8 Å². The first-order valence-corrected chi connectivity index (χ1v) is 6.52. The number of amidine groups is 1. The summed E-state index contributed by atoms with van der Waals surface area (Å²) in [5, 5.41) is 22.3. The highest BCUT2D eigenvalue weighted by molar-refractivity contribution is 8.18. The number of nitro benzene ring substituents is 1. The number of aliphatic imine (C=N–C) groups is 1. The van der Waals surface area contributed by atoms with Crippen LogP contribution in [0.1, 0.15) is 5.56 Å². The van der Waals surface area contributed by atoms with E-state index in [-0.39, 0.29) is 24.7 Å². The van der Waals surface area contributed by atoms with Gasteiger partial charge in [-0.05, 0) is 23.4 Å². The quantitative estimate of drug-likeness (QED) is 0.492. The molecular formula is C12H11N3O4S. The first-order valence-electron chi connectivity index (χ1n) is 5.71. The maximum atomic E-state index is 11.7.